The van der Waals surface area contributed by atoms with Crippen molar-refractivity contribution in [2.45, 2.75) is 50.3 Å². The van der Waals surface area contributed by atoms with Crippen LogP contribution in [0.25, 0.3) is 0 Å². The highest BCUT2D eigenvalue weighted by Crippen LogP contribution is 2.31. The highest BCUT2D eigenvalue weighted by atomic mass is 32.2. The van der Waals surface area contributed by atoms with Crippen molar-refractivity contribution < 1.29 is 13.2 Å². The van der Waals surface area contributed by atoms with Gasteiger partial charge in [-0.1, -0.05) is 43.7 Å². The van der Waals surface area contributed by atoms with Gasteiger partial charge in [-0.3, -0.25) is 4.79 Å². The number of nitrogens with one attached hydrogen (secondary N) is 1. The van der Waals surface area contributed by atoms with Crippen molar-refractivity contribution in [2.24, 2.45) is 0 Å². The highest BCUT2D eigenvalue weighted by Gasteiger charge is 2.30. The maximum Gasteiger partial charge on any atom is 0.243 e. The summed E-state index contributed by atoms with van der Waals surface area (Å²) in [7, 11) is -3.59. The zero-order valence-corrected chi connectivity index (χ0v) is 17.3. The van der Waals surface area contributed by atoms with Crippen molar-refractivity contribution in [3.05, 3.63) is 59.7 Å². The summed E-state index contributed by atoms with van der Waals surface area (Å²) in [5.41, 5.74) is 2.47. The molecule has 5 nitrogen and oxygen atoms in total. The van der Waals surface area contributed by atoms with Crippen LogP contribution in [0.1, 0.15) is 49.7 Å². The summed E-state index contributed by atoms with van der Waals surface area (Å²) < 4.78 is 28.4. The number of sulfonamides is 1. The Kier molecular flexibility index (Phi) is 6.52. The van der Waals surface area contributed by atoms with Gasteiger partial charge in [0.15, 0.2) is 0 Å². The number of aryl methyl sites for hydroxylation is 1. The molecule has 1 heterocycles. The molecule has 2 aromatic rings. The standard InChI is InChI=1S/C22H28N2O3S/c1-3-22(25)23-20-12-13-21(17(2)15-20)28(26,27)24-14-8-7-11-19(16-24)18-9-5-4-6-10-18/h4-6,9-10,12-13,15,19H,3,7-8,11,14,16H2,1-2H3,(H,23,25). The number of rotatable bonds is 5. The molecule has 1 saturated heterocycles. The minimum atomic E-state index is -3.59. The predicted molar refractivity (Wildman–Crippen MR) is 112 cm³/mol. The summed E-state index contributed by atoms with van der Waals surface area (Å²) in [6, 6.07) is 15.2. The Morgan fingerprint density at radius 2 is 1.89 bits per heavy atom. The monoisotopic (exact) mass is 400 g/mol. The summed E-state index contributed by atoms with van der Waals surface area (Å²) in [6.45, 7) is 4.60. The fourth-order valence-electron chi connectivity index (χ4n) is 3.73. The Balaban J connectivity index is 1.85. The van der Waals surface area contributed by atoms with Gasteiger partial charge in [0.05, 0.1) is 4.90 Å². The third-order valence-electron chi connectivity index (χ3n) is 5.30. The number of hydrogen-bond acceptors (Lipinski definition) is 3. The molecular formula is C22H28N2O3S. The van der Waals surface area contributed by atoms with E-state index in [9.17, 15) is 13.2 Å². The van der Waals surface area contributed by atoms with E-state index in [1.165, 1.54) is 5.56 Å². The van der Waals surface area contributed by atoms with Crippen LogP contribution in [-0.4, -0.2) is 31.7 Å². The van der Waals surface area contributed by atoms with Crippen molar-refractivity contribution in [1.29, 1.82) is 0 Å². The largest absolute Gasteiger partial charge is 0.326 e. The SMILES string of the molecule is CCC(=O)Nc1ccc(S(=O)(=O)N2CCCCC(c3ccccc3)C2)c(C)c1. The fraction of sp³-hybridized carbons (Fsp3) is 0.409. The summed E-state index contributed by atoms with van der Waals surface area (Å²) >= 11 is 0. The topological polar surface area (TPSA) is 66.5 Å². The maximum atomic E-state index is 13.4. The maximum absolute atomic E-state index is 13.4. The number of carbonyl (C=O) groups is 1. The highest BCUT2D eigenvalue weighted by molar-refractivity contribution is 7.89. The normalized spacial score (nSPS) is 18.4. The molecular weight excluding hydrogens is 372 g/mol. The molecule has 150 valence electrons. The van der Waals surface area contributed by atoms with Gasteiger partial charge in [0.25, 0.3) is 0 Å². The van der Waals surface area contributed by atoms with Crippen LogP contribution in [0.15, 0.2) is 53.4 Å². The molecule has 1 atom stereocenters. The van der Waals surface area contributed by atoms with Crippen LogP contribution in [0, 0.1) is 6.92 Å². The zero-order chi connectivity index (χ0) is 20.1. The first-order chi connectivity index (χ1) is 13.4. The lowest BCUT2D eigenvalue weighted by Crippen LogP contribution is -2.34. The molecule has 0 aliphatic carbocycles. The van der Waals surface area contributed by atoms with Gasteiger partial charge in [0.1, 0.15) is 0 Å². The van der Waals surface area contributed by atoms with Crippen molar-refractivity contribution >= 4 is 21.6 Å². The van der Waals surface area contributed by atoms with Crippen LogP contribution >= 0.6 is 0 Å². The first-order valence-electron chi connectivity index (χ1n) is 9.87. The summed E-state index contributed by atoms with van der Waals surface area (Å²) in [5.74, 6) is 0.120. The van der Waals surface area contributed by atoms with E-state index in [0.29, 0.717) is 35.7 Å². The second kappa shape index (κ2) is 8.88. The Bertz CT molecular complexity index is 926. The molecule has 1 N–H and O–H groups in total. The van der Waals surface area contributed by atoms with E-state index in [-0.39, 0.29) is 11.8 Å². The number of amides is 1. The molecule has 0 aromatic heterocycles. The summed E-state index contributed by atoms with van der Waals surface area (Å²) in [5, 5.41) is 2.78. The molecule has 28 heavy (non-hydrogen) atoms. The van der Waals surface area contributed by atoms with Gasteiger partial charge in [-0.25, -0.2) is 8.42 Å². The Hall–Kier alpha value is -2.18. The number of carbonyl (C=O) groups excluding carboxylic acids is 1. The molecule has 1 unspecified atom stereocenters. The number of nitrogens with zero attached hydrogens (tertiary/aromatic N) is 1. The summed E-state index contributed by atoms with van der Waals surface area (Å²) in [4.78, 5) is 11.9. The minimum absolute atomic E-state index is 0.0896. The smallest absolute Gasteiger partial charge is 0.243 e. The second-order valence-electron chi connectivity index (χ2n) is 7.35. The first-order valence-corrected chi connectivity index (χ1v) is 11.3. The van der Waals surface area contributed by atoms with E-state index in [0.717, 1.165) is 19.3 Å². The van der Waals surface area contributed by atoms with Crippen molar-refractivity contribution in [3.8, 4) is 0 Å². The van der Waals surface area contributed by atoms with Crippen LogP contribution in [0.2, 0.25) is 0 Å². The molecule has 1 fully saturated rings. The van der Waals surface area contributed by atoms with Crippen molar-refractivity contribution in [2.75, 3.05) is 18.4 Å². The third kappa shape index (κ3) is 4.62. The molecule has 2 aromatic carbocycles. The average Bonchev–Trinajstić information content (AvgIpc) is 2.95. The van der Waals surface area contributed by atoms with E-state index >= 15 is 0 Å². The molecule has 1 aliphatic rings. The van der Waals surface area contributed by atoms with Gasteiger partial charge in [0.2, 0.25) is 15.9 Å². The summed E-state index contributed by atoms with van der Waals surface area (Å²) in [6.07, 6.45) is 3.27. The predicted octanol–water partition coefficient (Wildman–Crippen LogP) is 4.30. The van der Waals surface area contributed by atoms with Gasteiger partial charge >= 0.3 is 0 Å². The lowest BCUT2D eigenvalue weighted by atomic mass is 9.95. The molecule has 1 amide bonds. The average molecular weight is 401 g/mol. The van der Waals surface area contributed by atoms with Gasteiger partial charge in [-0.05, 0) is 55.0 Å². The molecule has 0 spiro atoms. The van der Waals surface area contributed by atoms with Crippen LogP contribution in [0.5, 0.6) is 0 Å². The first kappa shape index (κ1) is 20.6. The lowest BCUT2D eigenvalue weighted by Gasteiger charge is -2.25. The molecule has 0 radical (unpaired) electrons. The van der Waals surface area contributed by atoms with E-state index in [1.54, 1.807) is 36.4 Å². The Morgan fingerprint density at radius 3 is 2.57 bits per heavy atom. The van der Waals surface area contributed by atoms with Crippen molar-refractivity contribution in [1.82, 2.24) is 4.31 Å². The van der Waals surface area contributed by atoms with Gasteiger partial charge in [-0.2, -0.15) is 4.31 Å². The van der Waals surface area contributed by atoms with E-state index in [2.05, 4.69) is 17.4 Å². The van der Waals surface area contributed by atoms with E-state index in [1.807, 2.05) is 18.2 Å². The third-order valence-corrected chi connectivity index (χ3v) is 7.33. The zero-order valence-electron chi connectivity index (χ0n) is 16.5. The number of benzene rings is 2. The quantitative estimate of drug-likeness (QED) is 0.814. The van der Waals surface area contributed by atoms with E-state index in [4.69, 9.17) is 0 Å². The minimum Gasteiger partial charge on any atom is -0.326 e. The second-order valence-corrected chi connectivity index (χ2v) is 9.25. The van der Waals surface area contributed by atoms with Gasteiger partial charge in [-0.15, -0.1) is 0 Å². The van der Waals surface area contributed by atoms with Gasteiger partial charge in [0, 0.05) is 25.2 Å². The van der Waals surface area contributed by atoms with E-state index < -0.39 is 10.0 Å². The number of hydrogen-bond donors (Lipinski definition) is 1. The molecule has 1 aliphatic heterocycles. The van der Waals surface area contributed by atoms with Crippen LogP contribution in [-0.2, 0) is 14.8 Å². The molecule has 0 saturated carbocycles. The fourth-order valence-corrected chi connectivity index (χ4v) is 5.46. The molecule has 6 heteroatoms. The molecule has 0 bridgehead atoms. The Labute approximate surface area is 167 Å². The lowest BCUT2D eigenvalue weighted by molar-refractivity contribution is -0.115. The van der Waals surface area contributed by atoms with Gasteiger partial charge < -0.3 is 5.32 Å². The number of anilines is 1. The van der Waals surface area contributed by atoms with Crippen LogP contribution in [0.4, 0.5) is 5.69 Å². The van der Waals surface area contributed by atoms with Crippen LogP contribution < -0.4 is 5.32 Å². The molecule has 3 rings (SSSR count). The van der Waals surface area contributed by atoms with Crippen molar-refractivity contribution in [3.63, 3.8) is 0 Å². The van der Waals surface area contributed by atoms with Crippen LogP contribution in [0.3, 0.4) is 0 Å². The Morgan fingerprint density at radius 1 is 1.14 bits per heavy atom.